The summed E-state index contributed by atoms with van der Waals surface area (Å²) in [7, 11) is 0. The molecular formula is C29H39N5O4. The van der Waals surface area contributed by atoms with Crippen LogP contribution in [0.15, 0.2) is 60.1 Å². The molecule has 2 rings (SSSR count). The number of nitrogens with one attached hydrogen (secondary N) is 2. The van der Waals surface area contributed by atoms with Gasteiger partial charge in [0.25, 0.3) is 0 Å². The van der Waals surface area contributed by atoms with E-state index in [0.29, 0.717) is 19.0 Å². The summed E-state index contributed by atoms with van der Waals surface area (Å²) in [5.74, 6) is 0.0274. The number of nitrogens with zero attached hydrogens (tertiary/aromatic N) is 3. The highest BCUT2D eigenvalue weighted by Gasteiger charge is 2.36. The highest BCUT2D eigenvalue weighted by atomic mass is 16.6. The number of ether oxygens (including phenoxy) is 1. The summed E-state index contributed by atoms with van der Waals surface area (Å²) in [4.78, 5) is 32.0. The van der Waals surface area contributed by atoms with Crippen LogP contribution < -0.4 is 15.5 Å². The molecule has 9 nitrogen and oxygen atoms in total. The Balaban J connectivity index is 2.37. The summed E-state index contributed by atoms with van der Waals surface area (Å²) in [6, 6.07) is 10.3. The topological polar surface area (TPSA) is 120 Å². The second-order valence-electron chi connectivity index (χ2n) is 11.0. The van der Waals surface area contributed by atoms with E-state index in [0.717, 1.165) is 5.56 Å². The van der Waals surface area contributed by atoms with Gasteiger partial charge in [0.15, 0.2) is 0 Å². The zero-order valence-electron chi connectivity index (χ0n) is 23.2. The Morgan fingerprint density at radius 2 is 1.79 bits per heavy atom. The molecule has 0 aliphatic rings. The minimum absolute atomic E-state index is 0.107. The Morgan fingerprint density at radius 1 is 1.13 bits per heavy atom. The number of amides is 2. The number of hydrogen-bond acceptors (Lipinski definition) is 7. The number of benzene rings is 1. The first-order valence-electron chi connectivity index (χ1n) is 12.5. The predicted molar refractivity (Wildman–Crippen MR) is 147 cm³/mol. The molecule has 0 bridgehead atoms. The monoisotopic (exact) mass is 521 g/mol. The smallest absolute Gasteiger partial charge is 0.408 e. The molecule has 204 valence electrons. The lowest BCUT2D eigenvalue weighted by Gasteiger charge is -2.31. The molecule has 0 radical (unpaired) electrons. The molecule has 1 aromatic carbocycles. The molecule has 2 amide bonds. The first-order valence-corrected chi connectivity index (χ1v) is 12.5. The van der Waals surface area contributed by atoms with Gasteiger partial charge in [-0.2, -0.15) is 10.2 Å². The molecule has 0 aliphatic carbocycles. The van der Waals surface area contributed by atoms with Crippen LogP contribution in [0.4, 0.5) is 10.7 Å². The van der Waals surface area contributed by atoms with Crippen LogP contribution in [0, 0.1) is 16.7 Å². The summed E-state index contributed by atoms with van der Waals surface area (Å²) >= 11 is 0. The van der Waals surface area contributed by atoms with Crippen LogP contribution in [0.3, 0.4) is 0 Å². The molecule has 1 aromatic heterocycles. The van der Waals surface area contributed by atoms with Crippen molar-refractivity contribution in [2.45, 2.75) is 72.2 Å². The van der Waals surface area contributed by atoms with Gasteiger partial charge in [-0.3, -0.25) is 4.79 Å². The quantitative estimate of drug-likeness (QED) is 0.379. The van der Waals surface area contributed by atoms with E-state index in [1.165, 1.54) is 0 Å². The third kappa shape index (κ3) is 8.80. The maximum atomic E-state index is 13.3. The fourth-order valence-corrected chi connectivity index (χ4v) is 3.66. The van der Waals surface area contributed by atoms with Crippen molar-refractivity contribution < 1.29 is 18.7 Å². The van der Waals surface area contributed by atoms with Crippen molar-refractivity contribution in [3.63, 3.8) is 0 Å². The Labute approximate surface area is 225 Å². The van der Waals surface area contributed by atoms with Gasteiger partial charge < -0.3 is 24.7 Å². The summed E-state index contributed by atoms with van der Waals surface area (Å²) in [5.41, 5.74) is -0.127. The van der Waals surface area contributed by atoms with E-state index in [9.17, 15) is 14.9 Å². The van der Waals surface area contributed by atoms with Crippen LogP contribution in [0.2, 0.25) is 0 Å². The van der Waals surface area contributed by atoms with Gasteiger partial charge in [0.2, 0.25) is 23.4 Å². The Kier molecular flexibility index (Phi) is 10.3. The highest BCUT2D eigenvalue weighted by Crippen LogP contribution is 2.36. The number of nitriles is 1. The SMILES string of the molecule is C=CC[C@H](NC(=O)OC(C)(C)C)C(=O)N[C@H](c1nc(C#N)c(N(CC=C)Cc2ccccc2)o1)C(C)(C)C. The van der Waals surface area contributed by atoms with E-state index in [2.05, 4.69) is 34.8 Å². The molecule has 2 atom stereocenters. The van der Waals surface area contributed by atoms with Crippen molar-refractivity contribution >= 4 is 17.9 Å². The minimum atomic E-state index is -0.924. The molecular weight excluding hydrogens is 482 g/mol. The molecule has 2 N–H and O–H groups in total. The Bertz CT molecular complexity index is 1150. The van der Waals surface area contributed by atoms with E-state index >= 15 is 0 Å². The molecule has 1 heterocycles. The number of alkyl carbamates (subject to hydrolysis) is 1. The second-order valence-corrected chi connectivity index (χ2v) is 11.0. The lowest BCUT2D eigenvalue weighted by molar-refractivity contribution is -0.125. The minimum Gasteiger partial charge on any atom is -0.444 e. The molecule has 0 spiro atoms. The van der Waals surface area contributed by atoms with Crippen LogP contribution >= 0.6 is 0 Å². The van der Waals surface area contributed by atoms with Gasteiger partial charge in [0.1, 0.15) is 23.8 Å². The van der Waals surface area contributed by atoms with Crippen molar-refractivity contribution in [1.82, 2.24) is 15.6 Å². The molecule has 0 aliphatic heterocycles. The molecule has 38 heavy (non-hydrogen) atoms. The fraction of sp³-hybridized carbons (Fsp3) is 0.448. The van der Waals surface area contributed by atoms with E-state index in [1.807, 2.05) is 56.0 Å². The van der Waals surface area contributed by atoms with Crippen molar-refractivity contribution in [1.29, 1.82) is 5.26 Å². The summed E-state index contributed by atoms with van der Waals surface area (Å²) in [6.07, 6.45) is 2.74. The van der Waals surface area contributed by atoms with Crippen molar-refractivity contribution in [3.8, 4) is 6.07 Å². The largest absolute Gasteiger partial charge is 0.444 e. The lowest BCUT2D eigenvalue weighted by atomic mass is 9.86. The Hall–Kier alpha value is -4.06. The van der Waals surface area contributed by atoms with Crippen LogP contribution in [0.1, 0.15) is 71.2 Å². The highest BCUT2D eigenvalue weighted by molar-refractivity contribution is 5.86. The molecule has 0 saturated carbocycles. The van der Waals surface area contributed by atoms with Gasteiger partial charge in [0.05, 0.1) is 0 Å². The zero-order chi connectivity index (χ0) is 28.5. The van der Waals surface area contributed by atoms with Gasteiger partial charge in [-0.25, -0.2) is 4.79 Å². The second kappa shape index (κ2) is 13.0. The molecule has 0 fully saturated rings. The van der Waals surface area contributed by atoms with Gasteiger partial charge in [0, 0.05) is 13.1 Å². The normalized spacial score (nSPS) is 13.0. The van der Waals surface area contributed by atoms with Gasteiger partial charge >= 0.3 is 6.09 Å². The zero-order valence-corrected chi connectivity index (χ0v) is 23.2. The van der Waals surface area contributed by atoms with Gasteiger partial charge in [-0.15, -0.1) is 13.2 Å². The van der Waals surface area contributed by atoms with E-state index in [4.69, 9.17) is 9.15 Å². The van der Waals surface area contributed by atoms with Crippen molar-refractivity contribution in [3.05, 3.63) is 72.8 Å². The average molecular weight is 522 g/mol. The number of anilines is 1. The number of aromatic nitrogens is 1. The van der Waals surface area contributed by atoms with Crippen molar-refractivity contribution in [2.24, 2.45) is 5.41 Å². The van der Waals surface area contributed by atoms with Gasteiger partial charge in [-0.05, 0) is 38.2 Å². The van der Waals surface area contributed by atoms with Crippen LogP contribution in [-0.4, -0.2) is 35.2 Å². The molecule has 0 unspecified atom stereocenters. The van der Waals surface area contributed by atoms with Crippen LogP contribution in [0.5, 0.6) is 0 Å². The maximum absolute atomic E-state index is 13.3. The number of hydrogen-bond donors (Lipinski definition) is 2. The first-order chi connectivity index (χ1) is 17.8. The summed E-state index contributed by atoms with van der Waals surface area (Å²) in [6.45, 7) is 19.4. The third-order valence-corrected chi connectivity index (χ3v) is 5.39. The van der Waals surface area contributed by atoms with Crippen LogP contribution in [0.25, 0.3) is 0 Å². The average Bonchev–Trinajstić information content (AvgIpc) is 3.24. The van der Waals surface area contributed by atoms with Crippen LogP contribution in [-0.2, 0) is 16.1 Å². The summed E-state index contributed by atoms with van der Waals surface area (Å²) in [5, 5.41) is 15.4. The Morgan fingerprint density at radius 3 is 2.32 bits per heavy atom. The van der Waals surface area contributed by atoms with E-state index in [1.54, 1.807) is 32.9 Å². The molecule has 2 aromatic rings. The standard InChI is InChI=1S/C29H39N5O4/c1-9-14-21(32-27(36)38-29(6,7)8)24(35)33-23(28(3,4)5)25-31-22(18-30)26(37-25)34(17-10-2)19-20-15-12-11-13-16-20/h9-13,15-16,21,23H,1-2,14,17,19H2,3-8H3,(H,32,36)(H,33,35)/t21-,23+/m0/s1. The van der Waals surface area contributed by atoms with E-state index in [-0.39, 0.29) is 18.0 Å². The number of carbonyl (C=O) groups excluding carboxylic acids is 2. The summed E-state index contributed by atoms with van der Waals surface area (Å²) < 4.78 is 11.5. The van der Waals surface area contributed by atoms with Crippen molar-refractivity contribution in [2.75, 3.05) is 11.4 Å². The number of rotatable bonds is 11. The third-order valence-electron chi connectivity index (χ3n) is 5.39. The first kappa shape index (κ1) is 30.2. The fourth-order valence-electron chi connectivity index (χ4n) is 3.66. The lowest BCUT2D eigenvalue weighted by Crippen LogP contribution is -2.50. The predicted octanol–water partition coefficient (Wildman–Crippen LogP) is 5.41. The number of oxazole rings is 1. The molecule has 9 heteroatoms. The molecule has 0 saturated heterocycles. The van der Waals surface area contributed by atoms with Gasteiger partial charge in [-0.1, -0.05) is 63.3 Å². The maximum Gasteiger partial charge on any atom is 0.408 e. The van der Waals surface area contributed by atoms with E-state index < -0.39 is 35.1 Å². The number of carbonyl (C=O) groups is 2.